The van der Waals surface area contributed by atoms with Gasteiger partial charge in [-0.25, -0.2) is 0 Å². The molecule has 1 aliphatic heterocycles. The highest BCUT2D eigenvalue weighted by atomic mass is 16.5. The lowest BCUT2D eigenvalue weighted by Crippen LogP contribution is -2.56. The largest absolute Gasteiger partial charge is 0.486 e. The Bertz CT molecular complexity index is 1140. The van der Waals surface area contributed by atoms with E-state index in [0.717, 1.165) is 5.56 Å². The van der Waals surface area contributed by atoms with Crippen LogP contribution in [0.25, 0.3) is 0 Å². The van der Waals surface area contributed by atoms with Crippen molar-refractivity contribution >= 4 is 17.7 Å². The number of hydrazine groups is 1. The van der Waals surface area contributed by atoms with Crippen molar-refractivity contribution < 1.29 is 23.5 Å². The molecule has 8 heteroatoms. The van der Waals surface area contributed by atoms with Gasteiger partial charge in [0.15, 0.2) is 5.76 Å². The molecule has 1 fully saturated rings. The number of carbonyl (C=O) groups is 3. The standard InChI is InChI=1S/C26H27N3O5/c1-19(30)29-16-14-26(15-17-29,20-8-4-2-5-9-20)25(32)28-27-24(31)23-13-12-22(34-23)18-33-21-10-6-3-7-11-21/h2-13H,14-18H2,1H3,(H,27,31)(H,28,32). The van der Waals surface area contributed by atoms with E-state index in [4.69, 9.17) is 9.15 Å². The predicted octanol–water partition coefficient (Wildman–Crippen LogP) is 3.20. The quantitative estimate of drug-likeness (QED) is 0.549. The summed E-state index contributed by atoms with van der Waals surface area (Å²) in [5.41, 5.74) is 5.03. The Morgan fingerprint density at radius 3 is 2.21 bits per heavy atom. The zero-order chi connectivity index (χ0) is 24.0. The molecule has 0 bridgehead atoms. The maximum Gasteiger partial charge on any atom is 0.305 e. The molecule has 4 rings (SSSR count). The van der Waals surface area contributed by atoms with Gasteiger partial charge in [0.1, 0.15) is 18.1 Å². The minimum Gasteiger partial charge on any atom is -0.486 e. The van der Waals surface area contributed by atoms with Crippen LogP contribution in [0.2, 0.25) is 0 Å². The van der Waals surface area contributed by atoms with Crippen LogP contribution in [-0.4, -0.2) is 35.7 Å². The van der Waals surface area contributed by atoms with Crippen LogP contribution in [0, 0.1) is 0 Å². The van der Waals surface area contributed by atoms with Crippen molar-refractivity contribution in [1.29, 1.82) is 0 Å². The zero-order valence-electron chi connectivity index (χ0n) is 19.0. The fourth-order valence-electron chi connectivity index (χ4n) is 4.15. The van der Waals surface area contributed by atoms with E-state index in [9.17, 15) is 14.4 Å². The minimum absolute atomic E-state index is 0.0137. The van der Waals surface area contributed by atoms with Gasteiger partial charge in [0.25, 0.3) is 0 Å². The molecule has 0 aliphatic carbocycles. The van der Waals surface area contributed by atoms with E-state index in [2.05, 4.69) is 10.9 Å². The average molecular weight is 462 g/mol. The van der Waals surface area contributed by atoms with E-state index >= 15 is 0 Å². The highest BCUT2D eigenvalue weighted by molar-refractivity contribution is 5.95. The van der Waals surface area contributed by atoms with Crippen LogP contribution < -0.4 is 15.6 Å². The van der Waals surface area contributed by atoms with Crippen molar-refractivity contribution in [3.8, 4) is 5.75 Å². The van der Waals surface area contributed by atoms with E-state index in [1.54, 1.807) is 11.0 Å². The van der Waals surface area contributed by atoms with Gasteiger partial charge in [-0.15, -0.1) is 0 Å². The molecule has 3 aromatic rings. The van der Waals surface area contributed by atoms with Crippen molar-refractivity contribution in [3.63, 3.8) is 0 Å². The number of piperidine rings is 1. The van der Waals surface area contributed by atoms with Gasteiger partial charge in [0, 0.05) is 20.0 Å². The number of nitrogens with one attached hydrogen (secondary N) is 2. The Labute approximate surface area is 197 Å². The Morgan fingerprint density at radius 1 is 0.912 bits per heavy atom. The van der Waals surface area contributed by atoms with Gasteiger partial charge in [-0.3, -0.25) is 25.2 Å². The zero-order valence-corrected chi connectivity index (χ0v) is 19.0. The van der Waals surface area contributed by atoms with Gasteiger partial charge in [-0.1, -0.05) is 48.5 Å². The van der Waals surface area contributed by atoms with Crippen LogP contribution in [0.1, 0.15) is 41.6 Å². The number of nitrogens with zero attached hydrogens (tertiary/aromatic N) is 1. The summed E-state index contributed by atoms with van der Waals surface area (Å²) in [4.78, 5) is 39.4. The molecule has 176 valence electrons. The fourth-order valence-corrected chi connectivity index (χ4v) is 4.15. The molecule has 0 spiro atoms. The topological polar surface area (TPSA) is 101 Å². The Kier molecular flexibility index (Phi) is 6.96. The summed E-state index contributed by atoms with van der Waals surface area (Å²) in [6.07, 6.45) is 0.917. The maximum atomic E-state index is 13.3. The molecule has 0 atom stereocenters. The number of para-hydroxylation sites is 1. The minimum atomic E-state index is -0.849. The fraction of sp³-hybridized carbons (Fsp3) is 0.269. The average Bonchev–Trinajstić information content (AvgIpc) is 3.36. The van der Waals surface area contributed by atoms with Crippen LogP contribution in [0.5, 0.6) is 5.75 Å². The lowest BCUT2D eigenvalue weighted by Gasteiger charge is -2.40. The summed E-state index contributed by atoms with van der Waals surface area (Å²) in [6, 6.07) is 21.9. The van der Waals surface area contributed by atoms with Gasteiger partial charge < -0.3 is 14.1 Å². The van der Waals surface area contributed by atoms with Crippen molar-refractivity contribution in [3.05, 3.63) is 89.9 Å². The molecule has 1 aromatic heterocycles. The van der Waals surface area contributed by atoms with E-state index in [0.29, 0.717) is 37.4 Å². The molecule has 34 heavy (non-hydrogen) atoms. The lowest BCUT2D eigenvalue weighted by molar-refractivity contribution is -0.135. The molecule has 8 nitrogen and oxygen atoms in total. The van der Waals surface area contributed by atoms with Crippen LogP contribution in [0.4, 0.5) is 0 Å². The SMILES string of the molecule is CC(=O)N1CCC(C(=O)NNC(=O)c2ccc(COc3ccccc3)o2)(c2ccccc2)CC1. The first-order chi connectivity index (χ1) is 16.5. The van der Waals surface area contributed by atoms with Gasteiger partial charge >= 0.3 is 5.91 Å². The highest BCUT2D eigenvalue weighted by Gasteiger charge is 2.43. The molecule has 0 unspecified atom stereocenters. The third kappa shape index (κ3) is 5.11. The molecule has 3 amide bonds. The molecule has 2 aromatic carbocycles. The van der Waals surface area contributed by atoms with Crippen LogP contribution >= 0.6 is 0 Å². The molecule has 2 N–H and O–H groups in total. The molecular weight excluding hydrogens is 434 g/mol. The lowest BCUT2D eigenvalue weighted by atomic mass is 9.72. The summed E-state index contributed by atoms with van der Waals surface area (Å²) < 4.78 is 11.2. The van der Waals surface area contributed by atoms with Gasteiger partial charge in [0.2, 0.25) is 11.8 Å². The first-order valence-corrected chi connectivity index (χ1v) is 11.2. The normalized spacial score (nSPS) is 14.8. The van der Waals surface area contributed by atoms with E-state index in [1.165, 1.54) is 13.0 Å². The second kappa shape index (κ2) is 10.2. The highest BCUT2D eigenvalue weighted by Crippen LogP contribution is 2.35. The van der Waals surface area contributed by atoms with Crippen LogP contribution in [-0.2, 0) is 21.6 Å². The molecule has 0 saturated carbocycles. The number of likely N-dealkylation sites (tertiary alicyclic amines) is 1. The van der Waals surface area contributed by atoms with Gasteiger partial charge in [-0.05, 0) is 42.7 Å². The number of benzene rings is 2. The molecular formula is C26H27N3O5. The van der Waals surface area contributed by atoms with Crippen molar-refractivity contribution in [2.24, 2.45) is 0 Å². The number of rotatable bonds is 6. The second-order valence-electron chi connectivity index (χ2n) is 8.23. The predicted molar refractivity (Wildman–Crippen MR) is 125 cm³/mol. The number of furan rings is 1. The monoisotopic (exact) mass is 461 g/mol. The summed E-state index contributed by atoms with van der Waals surface area (Å²) >= 11 is 0. The summed E-state index contributed by atoms with van der Waals surface area (Å²) in [6.45, 7) is 2.63. The van der Waals surface area contributed by atoms with Crippen molar-refractivity contribution in [1.82, 2.24) is 15.8 Å². The molecule has 1 saturated heterocycles. The summed E-state index contributed by atoms with van der Waals surface area (Å²) in [5, 5.41) is 0. The molecule has 1 aliphatic rings. The number of hydrogen-bond acceptors (Lipinski definition) is 5. The summed E-state index contributed by atoms with van der Waals surface area (Å²) in [5.74, 6) is 0.336. The van der Waals surface area contributed by atoms with Gasteiger partial charge in [0.05, 0.1) is 5.41 Å². The Morgan fingerprint density at radius 2 is 1.56 bits per heavy atom. The number of carbonyl (C=O) groups excluding carboxylic acids is 3. The number of amides is 3. The Balaban J connectivity index is 1.38. The second-order valence-corrected chi connectivity index (χ2v) is 8.23. The van der Waals surface area contributed by atoms with Crippen LogP contribution in [0.3, 0.4) is 0 Å². The van der Waals surface area contributed by atoms with E-state index in [-0.39, 0.29) is 24.2 Å². The Hall–Kier alpha value is -4.07. The maximum absolute atomic E-state index is 13.3. The third-order valence-electron chi connectivity index (χ3n) is 6.12. The van der Waals surface area contributed by atoms with Crippen molar-refractivity contribution in [2.75, 3.05) is 13.1 Å². The first-order valence-electron chi connectivity index (χ1n) is 11.2. The molecule has 0 radical (unpaired) electrons. The summed E-state index contributed by atoms with van der Waals surface area (Å²) in [7, 11) is 0. The van der Waals surface area contributed by atoms with Gasteiger partial charge in [-0.2, -0.15) is 0 Å². The molecule has 2 heterocycles. The smallest absolute Gasteiger partial charge is 0.305 e. The number of ether oxygens (including phenoxy) is 1. The number of hydrogen-bond donors (Lipinski definition) is 2. The van der Waals surface area contributed by atoms with E-state index < -0.39 is 11.3 Å². The van der Waals surface area contributed by atoms with Crippen molar-refractivity contribution in [2.45, 2.75) is 31.8 Å². The van der Waals surface area contributed by atoms with E-state index in [1.807, 2.05) is 60.7 Å². The third-order valence-corrected chi connectivity index (χ3v) is 6.12. The van der Waals surface area contributed by atoms with Crippen LogP contribution in [0.15, 0.2) is 77.2 Å². The first kappa shape index (κ1) is 23.1.